The van der Waals surface area contributed by atoms with E-state index >= 15 is 0 Å². The second-order valence-electron chi connectivity index (χ2n) is 6.79. The van der Waals surface area contributed by atoms with Crippen LogP contribution in [0.2, 0.25) is 0 Å². The average Bonchev–Trinajstić information content (AvgIpc) is 2.66. The lowest BCUT2D eigenvalue weighted by Gasteiger charge is -2.23. The molecule has 6 nitrogen and oxygen atoms in total. The molecule has 146 valence electrons. The van der Waals surface area contributed by atoms with Gasteiger partial charge in [0.25, 0.3) is 0 Å². The van der Waals surface area contributed by atoms with Gasteiger partial charge in [0.2, 0.25) is 7.37 Å². The summed E-state index contributed by atoms with van der Waals surface area (Å²) in [5, 5.41) is 9.52. The second kappa shape index (κ2) is 9.81. The third-order valence-corrected chi connectivity index (χ3v) is 6.89. The first-order chi connectivity index (χ1) is 12.8. The van der Waals surface area contributed by atoms with Gasteiger partial charge in [0.05, 0.1) is 11.7 Å². The summed E-state index contributed by atoms with van der Waals surface area (Å²) in [6, 6.07) is 16.8. The monoisotopic (exact) mass is 390 g/mol. The minimum Gasteiger partial charge on any atom is -0.481 e. The van der Waals surface area contributed by atoms with Gasteiger partial charge in [-0.15, -0.1) is 0 Å². The molecule has 27 heavy (non-hydrogen) atoms. The van der Waals surface area contributed by atoms with E-state index in [1.807, 2.05) is 42.5 Å². The van der Waals surface area contributed by atoms with E-state index in [1.165, 1.54) is 0 Å². The van der Waals surface area contributed by atoms with Crippen molar-refractivity contribution in [2.45, 2.75) is 31.6 Å². The van der Waals surface area contributed by atoms with Crippen LogP contribution in [0.1, 0.15) is 23.1 Å². The molecule has 0 saturated heterocycles. The Morgan fingerprint density at radius 2 is 1.67 bits per heavy atom. The molecule has 0 aromatic heterocycles. The predicted molar refractivity (Wildman–Crippen MR) is 107 cm³/mol. The highest BCUT2D eigenvalue weighted by molar-refractivity contribution is 7.58. The van der Waals surface area contributed by atoms with Crippen LogP contribution in [0.5, 0.6) is 0 Å². The van der Waals surface area contributed by atoms with Gasteiger partial charge < -0.3 is 21.5 Å². The van der Waals surface area contributed by atoms with Gasteiger partial charge in [0, 0.05) is 12.7 Å². The van der Waals surface area contributed by atoms with Crippen LogP contribution in [0, 0.1) is 5.92 Å². The highest BCUT2D eigenvalue weighted by atomic mass is 31.2. The van der Waals surface area contributed by atoms with Gasteiger partial charge in [-0.1, -0.05) is 54.6 Å². The maximum absolute atomic E-state index is 12.7. The van der Waals surface area contributed by atoms with Gasteiger partial charge >= 0.3 is 5.97 Å². The largest absolute Gasteiger partial charge is 0.481 e. The predicted octanol–water partition coefficient (Wildman–Crippen LogP) is 2.58. The second-order valence-corrected chi connectivity index (χ2v) is 9.33. The average molecular weight is 390 g/mol. The van der Waals surface area contributed by atoms with E-state index in [0.717, 1.165) is 16.7 Å². The van der Waals surface area contributed by atoms with Crippen LogP contribution in [-0.4, -0.2) is 27.9 Å². The van der Waals surface area contributed by atoms with Crippen molar-refractivity contribution in [3.05, 3.63) is 71.3 Å². The summed E-state index contributed by atoms with van der Waals surface area (Å²) in [4.78, 5) is 22.0. The Hall–Kier alpha value is -1.98. The van der Waals surface area contributed by atoms with E-state index in [-0.39, 0.29) is 12.6 Å². The zero-order valence-electron chi connectivity index (χ0n) is 15.2. The topological polar surface area (TPSA) is 127 Å². The number of aliphatic carboxylic acids is 1. The fourth-order valence-electron chi connectivity index (χ4n) is 3.01. The first-order valence-corrected chi connectivity index (χ1v) is 10.8. The summed E-state index contributed by atoms with van der Waals surface area (Å²) in [7, 11) is -3.81. The number of rotatable bonds is 10. The minimum absolute atomic E-state index is 0.166. The van der Waals surface area contributed by atoms with Crippen molar-refractivity contribution in [2.75, 3.05) is 6.16 Å². The van der Waals surface area contributed by atoms with E-state index in [9.17, 15) is 19.4 Å². The minimum atomic E-state index is -3.81. The van der Waals surface area contributed by atoms with Gasteiger partial charge in [-0.25, -0.2) is 0 Å². The Morgan fingerprint density at radius 1 is 1.04 bits per heavy atom. The number of carbonyl (C=O) groups is 1. The molecule has 2 aromatic carbocycles. The Morgan fingerprint density at radius 3 is 2.30 bits per heavy atom. The zero-order valence-corrected chi connectivity index (χ0v) is 16.1. The summed E-state index contributed by atoms with van der Waals surface area (Å²) in [6.45, 7) is 0.356. The molecular weight excluding hydrogens is 363 g/mol. The summed E-state index contributed by atoms with van der Waals surface area (Å²) in [6.07, 6.45) is 0.722. The van der Waals surface area contributed by atoms with Crippen molar-refractivity contribution in [3.63, 3.8) is 0 Å². The Balaban J connectivity index is 2.02. The van der Waals surface area contributed by atoms with Crippen molar-refractivity contribution < 1.29 is 19.4 Å². The molecule has 2 aromatic rings. The standard InChI is InChI=1S/C20H27N2O4P/c21-13-17-8-4-7-16(11-17)12-18(20(23)24)14-27(25,26)19(22)10-9-15-5-2-1-3-6-15/h1-8,11,18-19H,9-10,12-14,21-22H2,(H,23,24)(H,25,26)/t18-,19-/m1/s1. The molecule has 0 aliphatic carbocycles. The zero-order chi connectivity index (χ0) is 19.9. The lowest BCUT2D eigenvalue weighted by molar-refractivity contribution is -0.141. The molecule has 0 fully saturated rings. The fraction of sp³-hybridized carbons (Fsp3) is 0.350. The molecule has 0 amide bonds. The van der Waals surface area contributed by atoms with Gasteiger partial charge in [-0.3, -0.25) is 9.36 Å². The maximum atomic E-state index is 12.7. The molecule has 0 saturated carbocycles. The van der Waals surface area contributed by atoms with Gasteiger partial charge in [-0.05, 0) is 36.0 Å². The van der Waals surface area contributed by atoms with Crippen LogP contribution in [0.3, 0.4) is 0 Å². The van der Waals surface area contributed by atoms with E-state index in [0.29, 0.717) is 19.4 Å². The molecule has 1 unspecified atom stereocenters. The lowest BCUT2D eigenvalue weighted by Crippen LogP contribution is -2.28. The van der Waals surface area contributed by atoms with Crippen molar-refractivity contribution >= 4 is 13.3 Å². The molecule has 0 aliphatic heterocycles. The number of carboxylic acids is 1. The van der Waals surface area contributed by atoms with Crippen molar-refractivity contribution in [1.82, 2.24) is 0 Å². The number of carboxylic acid groups (broad SMARTS) is 1. The number of hydrogen-bond acceptors (Lipinski definition) is 4. The number of aryl methyl sites for hydroxylation is 1. The van der Waals surface area contributed by atoms with Gasteiger partial charge in [0.15, 0.2) is 0 Å². The third-order valence-electron chi connectivity index (χ3n) is 4.63. The molecule has 3 atom stereocenters. The molecule has 2 rings (SSSR count). The van der Waals surface area contributed by atoms with Crippen molar-refractivity contribution in [1.29, 1.82) is 0 Å². The normalized spacial score (nSPS) is 15.7. The molecule has 0 aliphatic rings. The van der Waals surface area contributed by atoms with E-state index in [2.05, 4.69) is 0 Å². The molecule has 0 heterocycles. The van der Waals surface area contributed by atoms with Crippen molar-refractivity contribution in [2.24, 2.45) is 17.4 Å². The first-order valence-electron chi connectivity index (χ1n) is 8.93. The highest BCUT2D eigenvalue weighted by Crippen LogP contribution is 2.47. The van der Waals surface area contributed by atoms with Crippen LogP contribution in [0.25, 0.3) is 0 Å². The van der Waals surface area contributed by atoms with E-state index in [1.54, 1.807) is 12.1 Å². The Bertz CT molecular complexity index is 798. The van der Waals surface area contributed by atoms with Gasteiger partial charge in [-0.2, -0.15) is 0 Å². The quantitative estimate of drug-likeness (QED) is 0.462. The van der Waals surface area contributed by atoms with Crippen LogP contribution in [-0.2, 0) is 28.7 Å². The number of hydrogen-bond donors (Lipinski definition) is 4. The van der Waals surface area contributed by atoms with Crippen LogP contribution in [0.4, 0.5) is 0 Å². The Kier molecular flexibility index (Phi) is 7.75. The summed E-state index contributed by atoms with van der Waals surface area (Å²) in [5.74, 6) is -3.02. The third kappa shape index (κ3) is 6.60. The van der Waals surface area contributed by atoms with Crippen LogP contribution < -0.4 is 11.5 Å². The number of nitrogens with two attached hydrogens (primary N) is 2. The van der Waals surface area contributed by atoms with Crippen LogP contribution >= 0.6 is 7.37 Å². The molecule has 0 radical (unpaired) electrons. The summed E-state index contributed by atoms with van der Waals surface area (Å²) < 4.78 is 12.7. The lowest BCUT2D eigenvalue weighted by atomic mass is 9.99. The summed E-state index contributed by atoms with van der Waals surface area (Å²) >= 11 is 0. The molecular formula is C20H27N2O4P. The van der Waals surface area contributed by atoms with Crippen molar-refractivity contribution in [3.8, 4) is 0 Å². The molecule has 0 spiro atoms. The molecule has 6 N–H and O–H groups in total. The van der Waals surface area contributed by atoms with E-state index < -0.39 is 25.0 Å². The number of benzene rings is 2. The summed E-state index contributed by atoms with van der Waals surface area (Å²) in [5.41, 5.74) is 14.3. The SMILES string of the molecule is NCc1cccc(C[C@H](CP(=O)(O)[C@@H](N)CCc2ccccc2)C(=O)O)c1. The van der Waals surface area contributed by atoms with Gasteiger partial charge in [0.1, 0.15) is 0 Å². The highest BCUT2D eigenvalue weighted by Gasteiger charge is 2.34. The smallest absolute Gasteiger partial charge is 0.307 e. The van der Waals surface area contributed by atoms with Crippen LogP contribution in [0.15, 0.2) is 54.6 Å². The Labute approximate surface area is 159 Å². The first kappa shape index (κ1) is 21.3. The molecule has 0 bridgehead atoms. The fourth-order valence-corrected chi connectivity index (χ4v) is 4.73. The maximum Gasteiger partial charge on any atom is 0.307 e. The molecule has 7 heteroatoms. The van der Waals surface area contributed by atoms with E-state index in [4.69, 9.17) is 11.5 Å².